The van der Waals surface area contributed by atoms with Gasteiger partial charge >= 0.3 is 5.97 Å². The van der Waals surface area contributed by atoms with Crippen LogP contribution in [0.15, 0.2) is 0 Å². The van der Waals surface area contributed by atoms with Crippen molar-refractivity contribution in [2.75, 3.05) is 11.9 Å². The summed E-state index contributed by atoms with van der Waals surface area (Å²) < 4.78 is 4.35. The number of rotatable bonds is 5. The molecule has 6 heteroatoms. The van der Waals surface area contributed by atoms with Crippen LogP contribution in [0.4, 0.5) is 5.13 Å². The van der Waals surface area contributed by atoms with Crippen LogP contribution in [0, 0.1) is 5.41 Å². The molecule has 20 heavy (non-hydrogen) atoms. The molecule has 2 aliphatic carbocycles. The molecule has 5 nitrogen and oxygen atoms in total. The number of aliphatic carboxylic acids is 1. The maximum atomic E-state index is 11.7. The Bertz CT molecular complexity index is 477. The average molecular weight is 295 g/mol. The highest BCUT2D eigenvalue weighted by molar-refractivity contribution is 7.09. The van der Waals surface area contributed by atoms with E-state index in [0.717, 1.165) is 49.5 Å². The average Bonchev–Trinajstić information content (AvgIpc) is 3.22. The van der Waals surface area contributed by atoms with Crippen molar-refractivity contribution < 1.29 is 9.90 Å². The van der Waals surface area contributed by atoms with Gasteiger partial charge in [0.2, 0.25) is 5.13 Å². The van der Waals surface area contributed by atoms with Gasteiger partial charge in [-0.1, -0.05) is 25.7 Å². The Morgan fingerprint density at radius 1 is 1.30 bits per heavy atom. The van der Waals surface area contributed by atoms with Gasteiger partial charge in [0.15, 0.2) is 0 Å². The van der Waals surface area contributed by atoms with Gasteiger partial charge in [-0.3, -0.25) is 4.79 Å². The summed E-state index contributed by atoms with van der Waals surface area (Å²) in [6, 6.07) is 0. The number of carbonyl (C=O) groups is 1. The lowest BCUT2D eigenvalue weighted by molar-refractivity contribution is -0.149. The molecule has 2 saturated carbocycles. The predicted molar refractivity (Wildman–Crippen MR) is 78.1 cm³/mol. The summed E-state index contributed by atoms with van der Waals surface area (Å²) in [4.78, 5) is 16.2. The van der Waals surface area contributed by atoms with Crippen LogP contribution in [0.3, 0.4) is 0 Å². The van der Waals surface area contributed by atoms with Crippen molar-refractivity contribution in [3.05, 3.63) is 5.82 Å². The van der Waals surface area contributed by atoms with Gasteiger partial charge in [-0.25, -0.2) is 4.98 Å². The molecular formula is C14H21N3O2S. The van der Waals surface area contributed by atoms with Crippen LogP contribution in [-0.4, -0.2) is 27.0 Å². The largest absolute Gasteiger partial charge is 0.481 e. The van der Waals surface area contributed by atoms with E-state index in [2.05, 4.69) is 14.7 Å². The van der Waals surface area contributed by atoms with Crippen LogP contribution >= 0.6 is 11.5 Å². The SMILES string of the molecule is O=C(O)C1(CNc2nc(C3CC3)ns2)CCCCCC1. The standard InChI is InChI=1S/C14H21N3O2S/c18-12(19)14(7-3-1-2-4-8-14)9-15-13-16-11(17-20-13)10-5-6-10/h10H,1-9H2,(H,18,19)(H,15,16,17). The van der Waals surface area contributed by atoms with E-state index in [4.69, 9.17) is 0 Å². The quantitative estimate of drug-likeness (QED) is 0.816. The second-order valence-corrected chi connectivity index (χ2v) is 6.84. The second-order valence-electron chi connectivity index (χ2n) is 6.09. The Hall–Kier alpha value is -1.17. The van der Waals surface area contributed by atoms with Crippen molar-refractivity contribution in [1.82, 2.24) is 9.36 Å². The normalized spacial score (nSPS) is 22.2. The van der Waals surface area contributed by atoms with Gasteiger partial charge in [-0.05, 0) is 25.7 Å². The molecule has 0 bridgehead atoms. The third kappa shape index (κ3) is 2.95. The zero-order valence-corrected chi connectivity index (χ0v) is 12.4. The molecule has 0 atom stereocenters. The number of carboxylic acid groups (broad SMARTS) is 1. The number of nitrogens with one attached hydrogen (secondary N) is 1. The van der Waals surface area contributed by atoms with E-state index in [1.54, 1.807) is 0 Å². The summed E-state index contributed by atoms with van der Waals surface area (Å²) in [5.74, 6) is 0.815. The molecule has 0 unspecified atom stereocenters. The molecule has 0 aliphatic heterocycles. The van der Waals surface area contributed by atoms with Gasteiger partial charge in [0.05, 0.1) is 5.41 Å². The van der Waals surface area contributed by atoms with Gasteiger partial charge in [-0.15, -0.1) is 0 Å². The lowest BCUT2D eigenvalue weighted by atomic mass is 9.80. The van der Waals surface area contributed by atoms with Crippen LogP contribution in [0.5, 0.6) is 0 Å². The molecule has 0 aromatic carbocycles. The first kappa shape index (κ1) is 13.8. The summed E-state index contributed by atoms with van der Waals surface area (Å²) >= 11 is 1.36. The molecule has 3 rings (SSSR count). The van der Waals surface area contributed by atoms with Crippen LogP contribution in [0.1, 0.15) is 63.1 Å². The van der Waals surface area contributed by atoms with Gasteiger partial charge in [-0.2, -0.15) is 4.37 Å². The van der Waals surface area contributed by atoms with Crippen molar-refractivity contribution in [1.29, 1.82) is 0 Å². The Morgan fingerprint density at radius 3 is 2.60 bits per heavy atom. The summed E-state index contributed by atoms with van der Waals surface area (Å²) in [6.45, 7) is 0.474. The Morgan fingerprint density at radius 2 is 2.00 bits per heavy atom. The van der Waals surface area contributed by atoms with Gasteiger partial charge in [0, 0.05) is 24.0 Å². The number of anilines is 1. The van der Waals surface area contributed by atoms with Crippen LogP contribution in [-0.2, 0) is 4.79 Å². The first-order valence-electron chi connectivity index (χ1n) is 7.50. The third-order valence-corrected chi connectivity index (χ3v) is 5.16. The van der Waals surface area contributed by atoms with Crippen LogP contribution in [0.2, 0.25) is 0 Å². The van der Waals surface area contributed by atoms with E-state index in [1.807, 2.05) is 0 Å². The molecule has 2 aliphatic rings. The summed E-state index contributed by atoms with van der Waals surface area (Å²) in [6.07, 6.45) is 8.24. The molecule has 0 spiro atoms. The minimum absolute atomic E-state index is 0.474. The van der Waals surface area contributed by atoms with E-state index in [9.17, 15) is 9.90 Å². The van der Waals surface area contributed by atoms with Gasteiger partial charge in [0.25, 0.3) is 0 Å². The fourth-order valence-electron chi connectivity index (χ4n) is 2.93. The highest BCUT2D eigenvalue weighted by Gasteiger charge is 2.38. The van der Waals surface area contributed by atoms with Gasteiger partial charge in [0.1, 0.15) is 5.82 Å². The van der Waals surface area contributed by atoms with Gasteiger partial charge < -0.3 is 10.4 Å². The smallest absolute Gasteiger partial charge is 0.311 e. The number of hydrogen-bond donors (Lipinski definition) is 2. The fourth-order valence-corrected chi connectivity index (χ4v) is 3.57. The van der Waals surface area contributed by atoms with Crippen molar-refractivity contribution in [2.45, 2.75) is 57.3 Å². The molecule has 2 fully saturated rings. The van der Waals surface area contributed by atoms with E-state index in [1.165, 1.54) is 24.4 Å². The van der Waals surface area contributed by atoms with E-state index >= 15 is 0 Å². The highest BCUT2D eigenvalue weighted by Crippen LogP contribution is 2.40. The van der Waals surface area contributed by atoms with Crippen LogP contribution < -0.4 is 5.32 Å². The highest BCUT2D eigenvalue weighted by atomic mass is 32.1. The molecule has 1 aromatic heterocycles. The molecule has 0 amide bonds. The van der Waals surface area contributed by atoms with Crippen molar-refractivity contribution in [2.24, 2.45) is 5.41 Å². The maximum absolute atomic E-state index is 11.7. The van der Waals surface area contributed by atoms with E-state index in [0.29, 0.717) is 12.5 Å². The molecule has 110 valence electrons. The summed E-state index contributed by atoms with van der Waals surface area (Å²) in [5, 5.41) is 13.6. The molecule has 0 radical (unpaired) electrons. The zero-order chi connectivity index (χ0) is 14.0. The number of hydrogen-bond acceptors (Lipinski definition) is 5. The summed E-state index contributed by atoms with van der Waals surface area (Å²) in [5.41, 5.74) is -0.623. The Labute approximate surface area is 123 Å². The van der Waals surface area contributed by atoms with E-state index < -0.39 is 11.4 Å². The zero-order valence-electron chi connectivity index (χ0n) is 11.6. The third-order valence-electron chi connectivity index (χ3n) is 4.48. The molecule has 1 aromatic rings. The number of aromatic nitrogens is 2. The maximum Gasteiger partial charge on any atom is 0.311 e. The fraction of sp³-hybridized carbons (Fsp3) is 0.786. The molecule has 0 saturated heterocycles. The van der Waals surface area contributed by atoms with Crippen molar-refractivity contribution in [3.8, 4) is 0 Å². The van der Waals surface area contributed by atoms with Crippen molar-refractivity contribution >= 4 is 22.6 Å². The first-order chi connectivity index (χ1) is 9.70. The number of nitrogens with zero attached hydrogens (tertiary/aromatic N) is 2. The first-order valence-corrected chi connectivity index (χ1v) is 8.28. The van der Waals surface area contributed by atoms with Crippen LogP contribution in [0.25, 0.3) is 0 Å². The molecule has 2 N–H and O–H groups in total. The predicted octanol–water partition coefficient (Wildman–Crippen LogP) is 3.25. The Balaban J connectivity index is 1.64. The lowest BCUT2D eigenvalue weighted by Gasteiger charge is -2.27. The second kappa shape index (κ2) is 5.68. The molecule has 1 heterocycles. The lowest BCUT2D eigenvalue weighted by Crippen LogP contribution is -2.37. The topological polar surface area (TPSA) is 75.1 Å². The summed E-state index contributed by atoms with van der Waals surface area (Å²) in [7, 11) is 0. The molecular weight excluding hydrogens is 274 g/mol. The van der Waals surface area contributed by atoms with Crippen molar-refractivity contribution in [3.63, 3.8) is 0 Å². The Kier molecular flexibility index (Phi) is 3.92. The number of carboxylic acids is 1. The minimum Gasteiger partial charge on any atom is -0.481 e. The van der Waals surface area contributed by atoms with E-state index in [-0.39, 0.29) is 0 Å². The minimum atomic E-state index is -0.668. The monoisotopic (exact) mass is 295 g/mol.